The molecule has 2 fully saturated rings. The predicted molar refractivity (Wildman–Crippen MR) is 112 cm³/mol. The Balaban J connectivity index is 1.25. The van der Waals surface area contributed by atoms with E-state index < -0.39 is 0 Å². The Hall–Kier alpha value is -2.68. The van der Waals surface area contributed by atoms with Crippen LogP contribution in [0.1, 0.15) is 53.0 Å². The first-order chi connectivity index (χ1) is 14.9. The summed E-state index contributed by atoms with van der Waals surface area (Å²) in [4.78, 5) is 29.4. The van der Waals surface area contributed by atoms with Crippen molar-refractivity contribution in [3.05, 3.63) is 34.9 Å². The summed E-state index contributed by atoms with van der Waals surface area (Å²) in [7, 11) is 1.92. The lowest BCUT2D eigenvalue weighted by molar-refractivity contribution is -0.142. The summed E-state index contributed by atoms with van der Waals surface area (Å²) in [5.41, 5.74) is 3.36. The van der Waals surface area contributed by atoms with Crippen molar-refractivity contribution in [2.75, 3.05) is 26.2 Å². The molecule has 3 aliphatic rings. The Morgan fingerprint density at radius 1 is 1.13 bits per heavy atom. The molecule has 0 N–H and O–H groups in total. The second-order valence-corrected chi connectivity index (χ2v) is 9.14. The van der Waals surface area contributed by atoms with E-state index in [9.17, 15) is 9.59 Å². The molecule has 9 heteroatoms. The van der Waals surface area contributed by atoms with E-state index in [-0.39, 0.29) is 24.0 Å². The monoisotopic (exact) mass is 426 g/mol. The van der Waals surface area contributed by atoms with Crippen LogP contribution in [0, 0.1) is 6.92 Å². The van der Waals surface area contributed by atoms with Crippen LogP contribution in [0.3, 0.4) is 0 Å². The number of hydrogen-bond donors (Lipinski definition) is 0. The number of ether oxygens (including phenoxy) is 1. The van der Waals surface area contributed by atoms with Crippen molar-refractivity contribution in [2.24, 2.45) is 7.05 Å². The Morgan fingerprint density at radius 3 is 2.55 bits per heavy atom. The minimum atomic E-state index is -0.284. The molecule has 31 heavy (non-hydrogen) atoms. The van der Waals surface area contributed by atoms with Crippen molar-refractivity contribution in [1.82, 2.24) is 29.4 Å². The van der Waals surface area contributed by atoms with Gasteiger partial charge in [-0.1, -0.05) is 0 Å². The van der Waals surface area contributed by atoms with Crippen molar-refractivity contribution in [1.29, 1.82) is 0 Å². The van der Waals surface area contributed by atoms with Gasteiger partial charge in [-0.15, -0.1) is 0 Å². The molecule has 0 atom stereocenters. The molecule has 2 aromatic heterocycles. The first kappa shape index (κ1) is 20.2. The molecule has 1 spiro atoms. The average Bonchev–Trinajstić information content (AvgIpc) is 3.50. The summed E-state index contributed by atoms with van der Waals surface area (Å²) in [6, 6.07) is 0. The van der Waals surface area contributed by atoms with Crippen LogP contribution in [0.2, 0.25) is 0 Å². The van der Waals surface area contributed by atoms with Crippen LogP contribution in [0.4, 0.5) is 0 Å². The minimum absolute atomic E-state index is 0.0307. The van der Waals surface area contributed by atoms with E-state index in [0.717, 1.165) is 62.0 Å². The minimum Gasteiger partial charge on any atom is -0.370 e. The largest absolute Gasteiger partial charge is 0.370 e. The highest BCUT2D eigenvalue weighted by molar-refractivity contribution is 5.94. The molecular weight excluding hydrogens is 396 g/mol. The first-order valence-corrected chi connectivity index (χ1v) is 11.2. The summed E-state index contributed by atoms with van der Waals surface area (Å²) in [5.74, 6) is 0.122. The second-order valence-electron chi connectivity index (χ2n) is 9.14. The van der Waals surface area contributed by atoms with E-state index in [1.165, 1.54) is 0 Å². The third kappa shape index (κ3) is 3.75. The Bertz CT molecular complexity index is 995. The normalized spacial score (nSPS) is 20.3. The van der Waals surface area contributed by atoms with E-state index in [4.69, 9.17) is 4.74 Å². The number of aryl methyl sites for hydroxylation is 2. The Morgan fingerprint density at radius 2 is 1.87 bits per heavy atom. The lowest BCUT2D eigenvalue weighted by atomic mass is 9.83. The molecule has 0 aliphatic carbocycles. The first-order valence-electron chi connectivity index (χ1n) is 11.2. The number of hydrogen-bond acceptors (Lipinski definition) is 5. The fourth-order valence-electron chi connectivity index (χ4n) is 5.08. The van der Waals surface area contributed by atoms with Crippen LogP contribution in [0.5, 0.6) is 0 Å². The van der Waals surface area contributed by atoms with Crippen molar-refractivity contribution in [3.63, 3.8) is 0 Å². The maximum Gasteiger partial charge on any atom is 0.274 e. The quantitative estimate of drug-likeness (QED) is 0.739. The number of carbonyl (C=O) groups excluding carboxylic acids is 2. The zero-order chi connectivity index (χ0) is 21.6. The summed E-state index contributed by atoms with van der Waals surface area (Å²) in [5, 5.41) is 8.80. The third-order valence-corrected chi connectivity index (χ3v) is 6.97. The van der Waals surface area contributed by atoms with Gasteiger partial charge in [-0.2, -0.15) is 10.2 Å². The summed E-state index contributed by atoms with van der Waals surface area (Å²) in [6.07, 6.45) is 8.10. The fourth-order valence-corrected chi connectivity index (χ4v) is 5.08. The number of amides is 2. The molecule has 0 aromatic carbocycles. The molecule has 2 aromatic rings. The summed E-state index contributed by atoms with van der Waals surface area (Å²) < 4.78 is 9.93. The van der Waals surface area contributed by atoms with Gasteiger partial charge in [-0.05, 0) is 38.2 Å². The standard InChI is InChI=1S/C22H30N6O3/c1-16-12-23-28(13-16)14-19(29)26-9-5-22(6-10-26)11-18-17(15-31-22)20(24-25(18)2)21(30)27-7-3-4-8-27/h12-13H,3-11,14-15H2,1-2H3. The average molecular weight is 427 g/mol. The summed E-state index contributed by atoms with van der Waals surface area (Å²) in [6.45, 7) is 5.63. The highest BCUT2D eigenvalue weighted by Crippen LogP contribution is 2.37. The predicted octanol–water partition coefficient (Wildman–Crippen LogP) is 1.30. The van der Waals surface area contributed by atoms with Gasteiger partial charge in [0.1, 0.15) is 6.54 Å². The van der Waals surface area contributed by atoms with Crippen LogP contribution in [-0.2, 0) is 36.2 Å². The number of nitrogens with zero attached hydrogens (tertiary/aromatic N) is 6. The molecular formula is C22H30N6O3. The van der Waals surface area contributed by atoms with Gasteiger partial charge in [0.15, 0.2) is 5.69 Å². The highest BCUT2D eigenvalue weighted by Gasteiger charge is 2.43. The molecule has 9 nitrogen and oxygen atoms in total. The zero-order valence-corrected chi connectivity index (χ0v) is 18.3. The topological polar surface area (TPSA) is 85.5 Å². The van der Waals surface area contributed by atoms with Crippen molar-refractivity contribution >= 4 is 11.8 Å². The van der Waals surface area contributed by atoms with E-state index in [1.807, 2.05) is 34.6 Å². The van der Waals surface area contributed by atoms with Gasteiger partial charge >= 0.3 is 0 Å². The lowest BCUT2D eigenvalue weighted by Crippen LogP contribution is -2.51. The van der Waals surface area contributed by atoms with Crippen LogP contribution in [0.25, 0.3) is 0 Å². The third-order valence-electron chi connectivity index (χ3n) is 6.97. The summed E-state index contributed by atoms with van der Waals surface area (Å²) >= 11 is 0. The SMILES string of the molecule is Cc1cnn(CC(=O)N2CCC3(CC2)Cc2c(c(C(=O)N4CCCC4)nn2C)CO3)c1. The van der Waals surface area contributed by atoms with Gasteiger partial charge in [0, 0.05) is 57.1 Å². The number of fused-ring (bicyclic) bond motifs is 1. The number of piperidine rings is 1. The van der Waals surface area contributed by atoms with E-state index >= 15 is 0 Å². The molecule has 0 saturated carbocycles. The molecule has 5 rings (SSSR count). The van der Waals surface area contributed by atoms with Gasteiger partial charge in [0.25, 0.3) is 5.91 Å². The van der Waals surface area contributed by atoms with E-state index in [1.54, 1.807) is 10.9 Å². The fraction of sp³-hybridized carbons (Fsp3) is 0.636. The van der Waals surface area contributed by atoms with Gasteiger partial charge < -0.3 is 14.5 Å². The lowest BCUT2D eigenvalue weighted by Gasteiger charge is -2.43. The molecule has 2 saturated heterocycles. The highest BCUT2D eigenvalue weighted by atomic mass is 16.5. The molecule has 2 amide bonds. The van der Waals surface area contributed by atoms with Crippen LogP contribution >= 0.6 is 0 Å². The van der Waals surface area contributed by atoms with Gasteiger partial charge in [0.05, 0.1) is 18.4 Å². The Kier molecular flexibility index (Phi) is 5.08. The number of likely N-dealkylation sites (tertiary alicyclic amines) is 2. The number of rotatable bonds is 3. The van der Waals surface area contributed by atoms with E-state index in [0.29, 0.717) is 25.4 Å². The number of aromatic nitrogens is 4. The van der Waals surface area contributed by atoms with Crippen LogP contribution in [-0.4, -0.2) is 73.0 Å². The molecule has 0 bridgehead atoms. The molecule has 0 unspecified atom stereocenters. The van der Waals surface area contributed by atoms with Gasteiger partial charge in [-0.3, -0.25) is 19.0 Å². The van der Waals surface area contributed by atoms with Crippen LogP contribution < -0.4 is 0 Å². The Labute approximate surface area is 181 Å². The molecule has 5 heterocycles. The van der Waals surface area contributed by atoms with E-state index in [2.05, 4.69) is 10.2 Å². The molecule has 0 radical (unpaired) electrons. The number of carbonyl (C=O) groups is 2. The maximum atomic E-state index is 12.9. The smallest absolute Gasteiger partial charge is 0.274 e. The van der Waals surface area contributed by atoms with Crippen molar-refractivity contribution < 1.29 is 14.3 Å². The van der Waals surface area contributed by atoms with Gasteiger partial charge in [0.2, 0.25) is 5.91 Å². The molecule has 166 valence electrons. The zero-order valence-electron chi connectivity index (χ0n) is 18.3. The van der Waals surface area contributed by atoms with Gasteiger partial charge in [-0.25, -0.2) is 0 Å². The van der Waals surface area contributed by atoms with Crippen LogP contribution in [0.15, 0.2) is 12.4 Å². The second kappa shape index (κ2) is 7.78. The van der Waals surface area contributed by atoms with Crippen molar-refractivity contribution in [3.8, 4) is 0 Å². The maximum absolute atomic E-state index is 12.9. The molecule has 3 aliphatic heterocycles. The van der Waals surface area contributed by atoms with Crippen molar-refractivity contribution in [2.45, 2.75) is 57.8 Å².